The van der Waals surface area contributed by atoms with Gasteiger partial charge in [-0.3, -0.25) is 0 Å². The Bertz CT molecular complexity index is 153. The zero-order valence-electron chi connectivity index (χ0n) is 4.02. The van der Waals surface area contributed by atoms with E-state index in [-0.39, 0.29) is 12.4 Å². The van der Waals surface area contributed by atoms with Gasteiger partial charge in [0.05, 0.1) is 0 Å². The lowest BCUT2D eigenvalue weighted by molar-refractivity contribution is 0.267. The second-order valence-electron chi connectivity index (χ2n) is 1.12. The SMILES string of the molecule is OCc1nncnn1. The largest absolute Gasteiger partial charge is 0.388 e. The molecular weight excluding hydrogens is 108 g/mol. The van der Waals surface area contributed by atoms with Crippen molar-refractivity contribution in [3.05, 3.63) is 12.2 Å². The first-order chi connectivity index (χ1) is 3.93. The standard InChI is InChI=1S/C3H4N4O/c8-1-3-6-4-2-5-7-3/h2,8H,1H2. The molecule has 0 saturated heterocycles. The van der Waals surface area contributed by atoms with Crippen LogP contribution in [0.5, 0.6) is 0 Å². The van der Waals surface area contributed by atoms with Crippen molar-refractivity contribution in [2.24, 2.45) is 0 Å². The van der Waals surface area contributed by atoms with Crippen LogP contribution in [0, 0.1) is 0 Å². The summed E-state index contributed by atoms with van der Waals surface area (Å²) < 4.78 is 0. The minimum absolute atomic E-state index is 0.208. The molecule has 8 heavy (non-hydrogen) atoms. The van der Waals surface area contributed by atoms with E-state index in [1.54, 1.807) is 0 Å². The summed E-state index contributed by atoms with van der Waals surface area (Å²) in [7, 11) is 0. The Labute approximate surface area is 45.4 Å². The van der Waals surface area contributed by atoms with Crippen LogP contribution in [-0.4, -0.2) is 25.5 Å². The summed E-state index contributed by atoms with van der Waals surface area (Å²) in [6, 6.07) is 0. The van der Waals surface area contributed by atoms with Crippen LogP contribution < -0.4 is 0 Å². The van der Waals surface area contributed by atoms with Gasteiger partial charge in [0.1, 0.15) is 6.61 Å². The van der Waals surface area contributed by atoms with E-state index in [9.17, 15) is 0 Å². The molecule has 0 unspecified atom stereocenters. The summed E-state index contributed by atoms with van der Waals surface area (Å²) in [6.07, 6.45) is 1.21. The summed E-state index contributed by atoms with van der Waals surface area (Å²) in [5, 5.41) is 21.9. The van der Waals surface area contributed by atoms with E-state index in [0.29, 0.717) is 0 Å². The Morgan fingerprint density at radius 3 is 2.38 bits per heavy atom. The van der Waals surface area contributed by atoms with Crippen molar-refractivity contribution in [2.75, 3.05) is 0 Å². The summed E-state index contributed by atoms with van der Waals surface area (Å²) in [4.78, 5) is 0. The van der Waals surface area contributed by atoms with Crippen LogP contribution in [-0.2, 0) is 6.61 Å². The van der Waals surface area contributed by atoms with Gasteiger partial charge in [-0.2, -0.15) is 0 Å². The second kappa shape index (κ2) is 2.27. The molecule has 0 aliphatic carbocycles. The molecule has 0 aliphatic heterocycles. The number of aliphatic hydroxyl groups excluding tert-OH is 1. The van der Waals surface area contributed by atoms with Crippen LogP contribution in [0.25, 0.3) is 0 Å². The van der Waals surface area contributed by atoms with Gasteiger partial charge in [0.15, 0.2) is 12.2 Å². The molecule has 0 amide bonds. The second-order valence-corrected chi connectivity index (χ2v) is 1.12. The first kappa shape index (κ1) is 5.04. The molecule has 1 N–H and O–H groups in total. The number of nitrogens with zero attached hydrogens (tertiary/aromatic N) is 4. The van der Waals surface area contributed by atoms with Gasteiger partial charge in [-0.05, 0) is 0 Å². The van der Waals surface area contributed by atoms with E-state index in [2.05, 4.69) is 20.4 Å². The highest BCUT2D eigenvalue weighted by Gasteiger charge is 1.87. The molecule has 42 valence electrons. The van der Waals surface area contributed by atoms with Gasteiger partial charge < -0.3 is 5.11 Å². The third kappa shape index (κ3) is 0.941. The maximum absolute atomic E-state index is 8.33. The van der Waals surface area contributed by atoms with E-state index >= 15 is 0 Å². The van der Waals surface area contributed by atoms with Crippen LogP contribution in [0.4, 0.5) is 0 Å². The average Bonchev–Trinajstić information content (AvgIpc) is 1.90. The minimum atomic E-state index is -0.208. The fourth-order valence-electron chi connectivity index (χ4n) is 0.291. The molecule has 0 spiro atoms. The van der Waals surface area contributed by atoms with Crippen molar-refractivity contribution in [3.63, 3.8) is 0 Å². The number of rotatable bonds is 1. The maximum atomic E-state index is 8.33. The van der Waals surface area contributed by atoms with Crippen molar-refractivity contribution in [2.45, 2.75) is 6.61 Å². The lowest BCUT2D eigenvalue weighted by Crippen LogP contribution is -1.97. The average molecular weight is 112 g/mol. The minimum Gasteiger partial charge on any atom is -0.388 e. The molecule has 1 aromatic heterocycles. The van der Waals surface area contributed by atoms with E-state index in [1.807, 2.05) is 0 Å². The van der Waals surface area contributed by atoms with Crippen molar-refractivity contribution in [1.29, 1.82) is 0 Å². The topological polar surface area (TPSA) is 71.8 Å². The number of aromatic nitrogens is 4. The van der Waals surface area contributed by atoms with E-state index in [4.69, 9.17) is 5.11 Å². The van der Waals surface area contributed by atoms with Crippen LogP contribution in [0.2, 0.25) is 0 Å². The van der Waals surface area contributed by atoms with Gasteiger partial charge in [-0.25, -0.2) is 0 Å². The molecule has 0 aliphatic rings. The molecule has 0 saturated carbocycles. The first-order valence-corrected chi connectivity index (χ1v) is 2.03. The smallest absolute Gasteiger partial charge is 0.198 e. The van der Waals surface area contributed by atoms with Crippen molar-refractivity contribution >= 4 is 0 Å². The highest BCUT2D eigenvalue weighted by atomic mass is 16.3. The Kier molecular flexibility index (Phi) is 1.43. The monoisotopic (exact) mass is 112 g/mol. The molecule has 1 aromatic rings. The van der Waals surface area contributed by atoms with Crippen molar-refractivity contribution < 1.29 is 5.11 Å². The molecule has 5 nitrogen and oxygen atoms in total. The predicted octanol–water partition coefficient (Wildman–Crippen LogP) is -1.24. The molecular formula is C3H4N4O. The zero-order valence-corrected chi connectivity index (χ0v) is 4.02. The molecule has 1 rings (SSSR count). The molecule has 0 aromatic carbocycles. The Balaban J connectivity index is 2.83. The summed E-state index contributed by atoms with van der Waals surface area (Å²) in [6.45, 7) is -0.208. The summed E-state index contributed by atoms with van der Waals surface area (Å²) in [5.41, 5.74) is 0. The quantitative estimate of drug-likeness (QED) is 0.492. The lowest BCUT2D eigenvalue weighted by Gasteiger charge is -1.84. The first-order valence-electron chi connectivity index (χ1n) is 2.03. The highest BCUT2D eigenvalue weighted by molar-refractivity contribution is 4.69. The summed E-state index contributed by atoms with van der Waals surface area (Å²) in [5.74, 6) is 0.243. The van der Waals surface area contributed by atoms with E-state index < -0.39 is 0 Å². The molecule has 5 heteroatoms. The maximum Gasteiger partial charge on any atom is 0.198 e. The molecule has 0 radical (unpaired) electrons. The third-order valence-electron chi connectivity index (χ3n) is 0.591. The van der Waals surface area contributed by atoms with Gasteiger partial charge in [-0.1, -0.05) is 0 Å². The normalized spacial score (nSPS) is 9.12. The molecule has 1 heterocycles. The zero-order chi connectivity index (χ0) is 5.82. The lowest BCUT2D eigenvalue weighted by atomic mass is 10.7. The van der Waals surface area contributed by atoms with Gasteiger partial charge in [0, 0.05) is 0 Å². The van der Waals surface area contributed by atoms with Gasteiger partial charge in [-0.15, -0.1) is 20.4 Å². The highest BCUT2D eigenvalue weighted by Crippen LogP contribution is 1.76. The Hall–Kier alpha value is -1.10. The van der Waals surface area contributed by atoms with Crippen LogP contribution in [0.15, 0.2) is 6.33 Å². The number of hydrogen-bond acceptors (Lipinski definition) is 5. The fourth-order valence-corrected chi connectivity index (χ4v) is 0.291. The summed E-state index contributed by atoms with van der Waals surface area (Å²) >= 11 is 0. The Morgan fingerprint density at radius 2 is 2.00 bits per heavy atom. The van der Waals surface area contributed by atoms with Crippen LogP contribution in [0.1, 0.15) is 5.82 Å². The fraction of sp³-hybridized carbons (Fsp3) is 0.333. The molecule has 0 atom stereocenters. The third-order valence-corrected chi connectivity index (χ3v) is 0.591. The van der Waals surface area contributed by atoms with Crippen molar-refractivity contribution in [3.8, 4) is 0 Å². The van der Waals surface area contributed by atoms with Crippen LogP contribution in [0.3, 0.4) is 0 Å². The predicted molar refractivity (Wildman–Crippen MR) is 23.5 cm³/mol. The molecule has 0 fully saturated rings. The van der Waals surface area contributed by atoms with E-state index in [1.165, 1.54) is 6.33 Å². The van der Waals surface area contributed by atoms with Crippen molar-refractivity contribution in [1.82, 2.24) is 20.4 Å². The number of aliphatic hydroxyl groups is 1. The van der Waals surface area contributed by atoms with Crippen LogP contribution >= 0.6 is 0 Å². The van der Waals surface area contributed by atoms with Gasteiger partial charge in [0.25, 0.3) is 0 Å². The molecule has 0 bridgehead atoms. The van der Waals surface area contributed by atoms with E-state index in [0.717, 1.165) is 0 Å². The number of hydrogen-bond donors (Lipinski definition) is 1. The van der Waals surface area contributed by atoms with Gasteiger partial charge >= 0.3 is 0 Å². The Morgan fingerprint density at radius 1 is 1.38 bits per heavy atom. The van der Waals surface area contributed by atoms with Gasteiger partial charge in [0.2, 0.25) is 0 Å².